The number of aromatic nitrogens is 2. The number of carbonyl (C=O) groups is 2. The number of β-lactam (4-membered cyclic amide) rings is 1. The molecule has 2 aromatic heterocycles. The summed E-state index contributed by atoms with van der Waals surface area (Å²) in [6, 6.07) is 5.37. The molecule has 1 fully saturated rings. The van der Waals surface area contributed by atoms with E-state index in [2.05, 4.69) is 4.98 Å². The van der Waals surface area contributed by atoms with Crippen LogP contribution in [0.2, 0.25) is 0 Å². The first-order valence-electron chi connectivity index (χ1n) is 11.0. The van der Waals surface area contributed by atoms with Gasteiger partial charge >= 0.3 is 5.97 Å². The van der Waals surface area contributed by atoms with Crippen LogP contribution in [0, 0.1) is 21.4 Å². The molecule has 11 nitrogen and oxygen atoms in total. The van der Waals surface area contributed by atoms with Gasteiger partial charge in [-0.15, -0.1) is 11.3 Å². The number of non-ortho nitro benzene ring substituents is 1. The highest BCUT2D eigenvalue weighted by molar-refractivity contribution is 7.84. The molecule has 0 aliphatic carbocycles. The number of nitro benzene ring substituents is 1. The number of rotatable bonds is 7. The Morgan fingerprint density at radius 2 is 2.03 bits per heavy atom. The normalized spacial score (nSPS) is 25.1. The zero-order valence-corrected chi connectivity index (χ0v) is 21.1. The van der Waals surface area contributed by atoms with Gasteiger partial charge in [-0.2, -0.15) is 0 Å². The van der Waals surface area contributed by atoms with Gasteiger partial charge < -0.3 is 15.1 Å². The number of carboxylic acids is 1. The molecule has 188 valence electrons. The van der Waals surface area contributed by atoms with Crippen LogP contribution in [0.25, 0.3) is 10.4 Å². The summed E-state index contributed by atoms with van der Waals surface area (Å²) in [5.41, 5.74) is -0.0163. The summed E-state index contributed by atoms with van der Waals surface area (Å²) in [7, 11) is -1.38. The molecule has 1 unspecified atom stereocenters. The summed E-state index contributed by atoms with van der Waals surface area (Å²) in [5.74, 6) is -2.53. The lowest BCUT2D eigenvalue weighted by molar-refractivity contribution is -0.384. The van der Waals surface area contributed by atoms with Crippen molar-refractivity contribution in [2.75, 3.05) is 6.26 Å². The van der Waals surface area contributed by atoms with Crippen molar-refractivity contribution in [3.8, 4) is 0 Å². The molecule has 2 aliphatic rings. The number of carbonyl (C=O) groups excluding carboxylic acids is 1. The minimum atomic E-state index is -1.38. The van der Waals surface area contributed by atoms with Crippen LogP contribution < -0.4 is 0 Å². The third-order valence-electron chi connectivity index (χ3n) is 6.98. The lowest BCUT2D eigenvalue weighted by atomic mass is 9.64. The Balaban J connectivity index is 1.70. The van der Waals surface area contributed by atoms with Crippen molar-refractivity contribution >= 4 is 50.1 Å². The minimum absolute atomic E-state index is 0.0689. The molecule has 3 aromatic rings. The Hall–Kier alpha value is -3.42. The van der Waals surface area contributed by atoms with E-state index >= 15 is 0 Å². The van der Waals surface area contributed by atoms with Crippen LogP contribution in [0.1, 0.15) is 24.3 Å². The van der Waals surface area contributed by atoms with Gasteiger partial charge in [0.25, 0.3) is 5.69 Å². The summed E-state index contributed by atoms with van der Waals surface area (Å²) in [5, 5.41) is 32.1. The van der Waals surface area contributed by atoms with Crippen molar-refractivity contribution in [1.82, 2.24) is 14.3 Å². The van der Waals surface area contributed by atoms with Crippen molar-refractivity contribution < 1.29 is 28.9 Å². The van der Waals surface area contributed by atoms with E-state index in [4.69, 9.17) is 0 Å². The Morgan fingerprint density at radius 3 is 2.58 bits per heavy atom. The van der Waals surface area contributed by atoms with Crippen molar-refractivity contribution in [2.45, 2.75) is 37.6 Å². The van der Waals surface area contributed by atoms with E-state index in [9.17, 15) is 34.1 Å². The highest BCUT2D eigenvalue weighted by Crippen LogP contribution is 2.59. The molecule has 0 bridgehead atoms. The smallest absolute Gasteiger partial charge is 0.352 e. The topological polar surface area (TPSA) is 155 Å². The molecule has 2 N–H and O–H groups in total. The minimum Gasteiger partial charge on any atom is -0.477 e. The number of aliphatic hydroxyl groups is 1. The van der Waals surface area contributed by atoms with Crippen LogP contribution in [0.15, 0.2) is 47.5 Å². The zero-order valence-electron chi connectivity index (χ0n) is 19.4. The second kappa shape index (κ2) is 8.32. The fraction of sp³-hybridized carbons (Fsp3) is 0.348. The Labute approximate surface area is 211 Å². The number of aliphatic hydroxyl groups excluding tert-OH is 1. The number of carboxylic acid groups (broad SMARTS) is 1. The maximum Gasteiger partial charge on any atom is 0.352 e. The molecule has 1 saturated heterocycles. The van der Waals surface area contributed by atoms with Crippen LogP contribution in [-0.2, 0) is 26.8 Å². The van der Waals surface area contributed by atoms with Crippen LogP contribution in [0.4, 0.5) is 5.69 Å². The number of thiazole rings is 1. The number of fused-ring (bicyclic) bond motifs is 2. The van der Waals surface area contributed by atoms with Gasteiger partial charge in [-0.1, -0.05) is 19.1 Å². The lowest BCUT2D eigenvalue weighted by Crippen LogP contribution is -2.66. The monoisotopic (exact) mass is 530 g/mol. The quantitative estimate of drug-likeness (QED) is 0.268. The number of aliphatic carboxylic acids is 1. The van der Waals surface area contributed by atoms with E-state index in [0.717, 1.165) is 5.56 Å². The predicted octanol–water partition coefficient (Wildman–Crippen LogP) is 2.31. The zero-order chi connectivity index (χ0) is 26.1. The van der Waals surface area contributed by atoms with E-state index in [0.29, 0.717) is 20.4 Å². The fourth-order valence-electron chi connectivity index (χ4n) is 5.52. The molecule has 1 amide bonds. The van der Waals surface area contributed by atoms with E-state index in [1.54, 1.807) is 28.9 Å². The Morgan fingerprint density at radius 1 is 1.36 bits per heavy atom. The second-order valence-corrected chi connectivity index (χ2v) is 11.6. The summed E-state index contributed by atoms with van der Waals surface area (Å²) in [6.45, 7) is 3.36. The van der Waals surface area contributed by atoms with Gasteiger partial charge in [-0.05, 0) is 18.9 Å². The number of benzene rings is 1. The van der Waals surface area contributed by atoms with Gasteiger partial charge in [0.15, 0.2) is 0 Å². The SMILES string of the molecule is C[C@@H](O)[C@H]1C(=O)N2C(C(=O)O)=C(c3cn4c(S(C)=O)ncc4s3)[C@](C)(Cc3ccc([N+](=O)[O-])cc3)[C@@H]12. The number of amides is 1. The highest BCUT2D eigenvalue weighted by atomic mass is 32.2. The van der Waals surface area contributed by atoms with E-state index < -0.39 is 51.1 Å². The van der Waals surface area contributed by atoms with Crippen molar-refractivity contribution in [1.29, 1.82) is 0 Å². The van der Waals surface area contributed by atoms with Gasteiger partial charge in [0, 0.05) is 35.6 Å². The van der Waals surface area contributed by atoms with Crippen LogP contribution in [0.5, 0.6) is 0 Å². The first-order chi connectivity index (χ1) is 17.0. The second-order valence-electron chi connectivity index (χ2n) is 9.26. The molecule has 0 radical (unpaired) electrons. The Bertz CT molecular complexity index is 1490. The third kappa shape index (κ3) is 3.41. The number of hydrogen-bond donors (Lipinski definition) is 2. The number of nitro groups is 1. The largest absolute Gasteiger partial charge is 0.477 e. The molecule has 13 heteroatoms. The van der Waals surface area contributed by atoms with E-state index in [1.165, 1.54) is 41.5 Å². The van der Waals surface area contributed by atoms with Crippen molar-refractivity contribution in [2.24, 2.45) is 11.3 Å². The first kappa shape index (κ1) is 24.3. The molecule has 5 rings (SSSR count). The molecule has 2 aliphatic heterocycles. The van der Waals surface area contributed by atoms with Crippen LogP contribution in [-0.4, -0.2) is 63.9 Å². The molecule has 0 saturated carbocycles. The van der Waals surface area contributed by atoms with Crippen molar-refractivity contribution in [3.63, 3.8) is 0 Å². The number of hydrogen-bond acceptors (Lipinski definition) is 8. The van der Waals surface area contributed by atoms with Crippen LogP contribution in [0.3, 0.4) is 0 Å². The maximum atomic E-state index is 13.0. The van der Waals surface area contributed by atoms with Gasteiger partial charge in [0.2, 0.25) is 11.1 Å². The Kier molecular flexibility index (Phi) is 5.61. The number of nitrogens with zero attached hydrogens (tertiary/aromatic N) is 4. The molecule has 1 aromatic carbocycles. The summed E-state index contributed by atoms with van der Waals surface area (Å²) in [4.78, 5) is 42.9. The van der Waals surface area contributed by atoms with Crippen LogP contribution >= 0.6 is 11.3 Å². The highest BCUT2D eigenvalue weighted by Gasteiger charge is 2.66. The fourth-order valence-corrected chi connectivity index (χ4v) is 7.36. The van der Waals surface area contributed by atoms with E-state index in [1.807, 2.05) is 6.92 Å². The van der Waals surface area contributed by atoms with E-state index in [-0.39, 0.29) is 17.8 Å². The average Bonchev–Trinajstić information content (AvgIpc) is 3.42. The third-order valence-corrected chi connectivity index (χ3v) is 8.83. The van der Waals surface area contributed by atoms with Gasteiger partial charge in [-0.25, -0.2) is 9.78 Å². The molecule has 5 atom stereocenters. The molecule has 0 spiro atoms. The maximum absolute atomic E-state index is 13.0. The molecular formula is C23H22N4O7S2. The lowest BCUT2D eigenvalue weighted by Gasteiger charge is -2.51. The summed E-state index contributed by atoms with van der Waals surface area (Å²) >= 11 is 1.27. The predicted molar refractivity (Wildman–Crippen MR) is 131 cm³/mol. The van der Waals surface area contributed by atoms with Gasteiger partial charge in [0.05, 0.1) is 44.9 Å². The summed E-state index contributed by atoms with van der Waals surface area (Å²) in [6.07, 6.45) is 4.02. The first-order valence-corrected chi connectivity index (χ1v) is 13.4. The van der Waals surface area contributed by atoms with Crippen molar-refractivity contribution in [3.05, 3.63) is 62.9 Å². The van der Waals surface area contributed by atoms with Gasteiger partial charge in [-0.3, -0.25) is 23.5 Å². The molecule has 36 heavy (non-hydrogen) atoms. The molecule has 4 heterocycles. The van der Waals surface area contributed by atoms with Gasteiger partial charge in [0.1, 0.15) is 10.5 Å². The molecular weight excluding hydrogens is 508 g/mol. The summed E-state index contributed by atoms with van der Waals surface area (Å²) < 4.78 is 13.8. The number of imidazole rings is 1. The average molecular weight is 531 g/mol. The standard InChI is InChI=1S/C23H22N4O7S2/c1-11(28)16-19-23(2,8-12-4-6-13(7-5-12)27(32)33)17(18(21(30)31)26(19)20(16)29)14-10-25-15(35-14)9-24-22(25)36(3)34/h4-7,9-11,16,19,28H,8H2,1-3H3,(H,30,31)/t11-,16-,19-,23+,36?/m1/s1.